The molecule has 0 radical (unpaired) electrons. The molecule has 1 aromatic rings. The fourth-order valence-electron chi connectivity index (χ4n) is 1.27. The number of rotatable bonds is 3. The van der Waals surface area contributed by atoms with Gasteiger partial charge in [-0.15, -0.1) is 0 Å². The quantitative estimate of drug-likeness (QED) is 0.796. The van der Waals surface area contributed by atoms with Gasteiger partial charge in [0.15, 0.2) is 11.5 Å². The molecule has 0 aliphatic carbocycles. The van der Waals surface area contributed by atoms with Crippen LogP contribution in [0.2, 0.25) is 0 Å². The van der Waals surface area contributed by atoms with E-state index < -0.39 is 0 Å². The van der Waals surface area contributed by atoms with Crippen molar-refractivity contribution >= 4 is 34.2 Å². The van der Waals surface area contributed by atoms with Gasteiger partial charge in [-0.25, -0.2) is 0 Å². The number of hydrogen-bond acceptors (Lipinski definition) is 3. The van der Waals surface area contributed by atoms with Crippen molar-refractivity contribution in [3.05, 3.63) is 15.7 Å². The number of ether oxygens (including phenoxy) is 2. The van der Waals surface area contributed by atoms with Gasteiger partial charge in [-0.05, 0) is 28.7 Å². The summed E-state index contributed by atoms with van der Waals surface area (Å²) in [6.07, 6.45) is 0. The topological polar surface area (TPSA) is 38.8 Å². The van der Waals surface area contributed by atoms with Crippen LogP contribution in [0.25, 0.3) is 0 Å². The van der Waals surface area contributed by atoms with Crippen LogP contribution >= 0.6 is 22.6 Å². The standard InChI is InChI=1S/C11H14INO3/c1-7(14)13(2)9-6-11(16-4)10(15-3)5-8(9)12/h5-6H,1-4H3. The maximum Gasteiger partial charge on any atom is 0.223 e. The van der Waals surface area contributed by atoms with Gasteiger partial charge in [0.1, 0.15) is 0 Å². The van der Waals surface area contributed by atoms with Crippen LogP contribution in [0.3, 0.4) is 0 Å². The van der Waals surface area contributed by atoms with E-state index in [1.54, 1.807) is 32.2 Å². The molecule has 0 spiro atoms. The van der Waals surface area contributed by atoms with Crippen LogP contribution in [0.15, 0.2) is 12.1 Å². The van der Waals surface area contributed by atoms with Crippen LogP contribution in [0.4, 0.5) is 5.69 Å². The Kier molecular flexibility index (Phi) is 4.40. The fraction of sp³-hybridized carbons (Fsp3) is 0.364. The number of methoxy groups -OCH3 is 2. The normalized spacial score (nSPS) is 9.81. The van der Waals surface area contributed by atoms with Crippen LogP contribution in [0.1, 0.15) is 6.92 Å². The molecule has 4 nitrogen and oxygen atoms in total. The van der Waals surface area contributed by atoms with Gasteiger partial charge < -0.3 is 14.4 Å². The molecule has 0 aromatic heterocycles. The number of carbonyl (C=O) groups is 1. The molecule has 0 N–H and O–H groups in total. The Morgan fingerprint density at radius 2 is 1.75 bits per heavy atom. The molecule has 88 valence electrons. The fourth-order valence-corrected chi connectivity index (χ4v) is 2.07. The van der Waals surface area contributed by atoms with Gasteiger partial charge in [0.05, 0.1) is 19.9 Å². The van der Waals surface area contributed by atoms with Gasteiger partial charge in [-0.2, -0.15) is 0 Å². The molecular weight excluding hydrogens is 321 g/mol. The van der Waals surface area contributed by atoms with Crippen LogP contribution in [-0.4, -0.2) is 27.2 Å². The van der Waals surface area contributed by atoms with Crippen molar-refractivity contribution in [2.75, 3.05) is 26.2 Å². The molecule has 1 aromatic carbocycles. The molecule has 0 unspecified atom stereocenters. The minimum Gasteiger partial charge on any atom is -0.493 e. The molecule has 0 aliphatic heterocycles. The first kappa shape index (κ1) is 13.1. The van der Waals surface area contributed by atoms with Gasteiger partial charge in [0.25, 0.3) is 0 Å². The minimum absolute atomic E-state index is 0.0230. The summed E-state index contributed by atoms with van der Waals surface area (Å²) >= 11 is 2.16. The third kappa shape index (κ3) is 2.58. The molecule has 0 bridgehead atoms. The monoisotopic (exact) mass is 335 g/mol. The van der Waals surface area contributed by atoms with E-state index in [0.29, 0.717) is 11.5 Å². The summed E-state index contributed by atoms with van der Waals surface area (Å²) in [5.41, 5.74) is 0.811. The van der Waals surface area contributed by atoms with Crippen molar-refractivity contribution in [1.29, 1.82) is 0 Å². The van der Waals surface area contributed by atoms with Gasteiger partial charge in [0, 0.05) is 23.6 Å². The smallest absolute Gasteiger partial charge is 0.223 e. The van der Waals surface area contributed by atoms with Gasteiger partial charge in [-0.1, -0.05) is 0 Å². The number of benzene rings is 1. The van der Waals surface area contributed by atoms with Crippen LogP contribution < -0.4 is 14.4 Å². The van der Waals surface area contributed by atoms with Crippen molar-refractivity contribution in [2.24, 2.45) is 0 Å². The molecule has 16 heavy (non-hydrogen) atoms. The summed E-state index contributed by atoms with van der Waals surface area (Å²) < 4.78 is 11.3. The summed E-state index contributed by atoms with van der Waals surface area (Å²) in [7, 11) is 4.89. The maximum atomic E-state index is 11.3. The molecule has 0 aliphatic rings. The lowest BCUT2D eigenvalue weighted by molar-refractivity contribution is -0.116. The van der Waals surface area contributed by atoms with E-state index in [1.165, 1.54) is 6.92 Å². The Labute approximate surface area is 109 Å². The number of anilines is 1. The Bertz CT molecular complexity index is 406. The predicted octanol–water partition coefficient (Wildman–Crippen LogP) is 2.29. The summed E-state index contributed by atoms with van der Waals surface area (Å²) in [6, 6.07) is 3.64. The van der Waals surface area contributed by atoms with Crippen molar-refractivity contribution in [1.82, 2.24) is 0 Å². The molecule has 0 saturated heterocycles. The van der Waals surface area contributed by atoms with E-state index in [2.05, 4.69) is 22.6 Å². The average molecular weight is 335 g/mol. The lowest BCUT2D eigenvalue weighted by atomic mass is 10.2. The second kappa shape index (κ2) is 5.38. The Hall–Kier alpha value is -0.980. The Morgan fingerprint density at radius 3 is 2.19 bits per heavy atom. The second-order valence-electron chi connectivity index (χ2n) is 3.24. The maximum absolute atomic E-state index is 11.3. The zero-order valence-corrected chi connectivity index (χ0v) is 11.9. The lowest BCUT2D eigenvalue weighted by Crippen LogP contribution is -2.23. The van der Waals surface area contributed by atoms with Crippen molar-refractivity contribution in [3.63, 3.8) is 0 Å². The highest BCUT2D eigenvalue weighted by atomic mass is 127. The van der Waals surface area contributed by atoms with Gasteiger partial charge in [-0.3, -0.25) is 4.79 Å². The van der Waals surface area contributed by atoms with Gasteiger partial charge in [0.2, 0.25) is 5.91 Å². The summed E-state index contributed by atoms with van der Waals surface area (Å²) in [4.78, 5) is 12.9. The minimum atomic E-state index is -0.0230. The molecule has 1 amide bonds. The van der Waals surface area contributed by atoms with Gasteiger partial charge >= 0.3 is 0 Å². The number of amides is 1. The second-order valence-corrected chi connectivity index (χ2v) is 4.40. The third-order valence-electron chi connectivity index (χ3n) is 2.29. The van der Waals surface area contributed by atoms with Crippen LogP contribution in [-0.2, 0) is 4.79 Å². The average Bonchev–Trinajstić information content (AvgIpc) is 2.27. The third-order valence-corrected chi connectivity index (χ3v) is 3.15. The highest BCUT2D eigenvalue weighted by molar-refractivity contribution is 14.1. The van der Waals surface area contributed by atoms with E-state index in [0.717, 1.165) is 9.26 Å². The first-order valence-electron chi connectivity index (χ1n) is 4.67. The molecular formula is C11H14INO3. The zero-order chi connectivity index (χ0) is 12.3. The highest BCUT2D eigenvalue weighted by Crippen LogP contribution is 2.35. The molecule has 0 heterocycles. The number of carbonyl (C=O) groups excluding carboxylic acids is 1. The SMILES string of the molecule is COc1cc(I)c(N(C)C(C)=O)cc1OC. The van der Waals surface area contributed by atoms with E-state index in [-0.39, 0.29) is 5.91 Å². The van der Waals surface area contributed by atoms with E-state index >= 15 is 0 Å². The number of halogens is 1. The first-order chi connectivity index (χ1) is 7.51. The summed E-state index contributed by atoms with van der Waals surface area (Å²) in [5.74, 6) is 1.25. The molecule has 0 saturated carbocycles. The molecule has 0 atom stereocenters. The van der Waals surface area contributed by atoms with Crippen LogP contribution in [0, 0.1) is 3.57 Å². The lowest BCUT2D eigenvalue weighted by Gasteiger charge is -2.19. The van der Waals surface area contributed by atoms with E-state index in [1.807, 2.05) is 6.07 Å². The van der Waals surface area contributed by atoms with E-state index in [4.69, 9.17) is 9.47 Å². The van der Waals surface area contributed by atoms with E-state index in [9.17, 15) is 4.79 Å². The summed E-state index contributed by atoms with van der Waals surface area (Å²) in [5, 5.41) is 0. The largest absolute Gasteiger partial charge is 0.493 e. The number of nitrogens with zero attached hydrogens (tertiary/aromatic N) is 1. The Morgan fingerprint density at radius 1 is 1.25 bits per heavy atom. The van der Waals surface area contributed by atoms with Crippen molar-refractivity contribution < 1.29 is 14.3 Å². The summed E-state index contributed by atoms with van der Waals surface area (Å²) in [6.45, 7) is 1.52. The molecule has 5 heteroatoms. The first-order valence-corrected chi connectivity index (χ1v) is 5.75. The van der Waals surface area contributed by atoms with Crippen LogP contribution in [0.5, 0.6) is 11.5 Å². The Balaban J connectivity index is 3.26. The molecule has 0 fully saturated rings. The molecule has 1 rings (SSSR count). The highest BCUT2D eigenvalue weighted by Gasteiger charge is 2.14. The zero-order valence-electron chi connectivity index (χ0n) is 9.70. The predicted molar refractivity (Wildman–Crippen MR) is 71.3 cm³/mol. The van der Waals surface area contributed by atoms with Crippen molar-refractivity contribution in [3.8, 4) is 11.5 Å². The van der Waals surface area contributed by atoms with Crippen molar-refractivity contribution in [2.45, 2.75) is 6.92 Å². The number of hydrogen-bond donors (Lipinski definition) is 0.